The molecule has 6 heteroatoms. The van der Waals surface area contributed by atoms with Gasteiger partial charge in [0, 0.05) is 18.1 Å². The molecule has 160 valence electrons. The van der Waals surface area contributed by atoms with E-state index in [0.29, 0.717) is 5.39 Å². The maximum Gasteiger partial charge on any atom is 0.261 e. The van der Waals surface area contributed by atoms with Crippen LogP contribution in [0.5, 0.6) is 5.75 Å². The predicted octanol–water partition coefficient (Wildman–Crippen LogP) is 4.86. The third-order valence-electron chi connectivity index (χ3n) is 5.88. The summed E-state index contributed by atoms with van der Waals surface area (Å²) >= 11 is 0. The first-order valence-electron chi connectivity index (χ1n) is 10.5. The number of ether oxygens (including phenoxy) is 1. The molecule has 0 saturated heterocycles. The summed E-state index contributed by atoms with van der Waals surface area (Å²) in [7, 11) is 3.45. The number of nitrogens with one attached hydrogen (secondary N) is 1. The Morgan fingerprint density at radius 3 is 2.38 bits per heavy atom. The van der Waals surface area contributed by atoms with Gasteiger partial charge in [0.05, 0.1) is 29.7 Å². The molecule has 0 saturated carbocycles. The van der Waals surface area contributed by atoms with Crippen molar-refractivity contribution in [3.63, 3.8) is 0 Å². The third kappa shape index (κ3) is 3.30. The lowest BCUT2D eigenvalue weighted by Crippen LogP contribution is -2.22. The van der Waals surface area contributed by atoms with Crippen molar-refractivity contribution in [1.82, 2.24) is 14.3 Å². The number of benzene rings is 3. The summed E-state index contributed by atoms with van der Waals surface area (Å²) in [6.07, 6.45) is 1.36. The number of aromatic nitrogens is 3. The number of methoxy groups -OCH3 is 1. The molecule has 0 aliphatic rings. The predicted molar refractivity (Wildman–Crippen MR) is 128 cm³/mol. The summed E-state index contributed by atoms with van der Waals surface area (Å²) in [5.74, 6) is 0.793. The molecule has 2 heterocycles. The largest absolute Gasteiger partial charge is 0.497 e. The van der Waals surface area contributed by atoms with E-state index in [1.54, 1.807) is 24.9 Å². The van der Waals surface area contributed by atoms with Crippen molar-refractivity contribution >= 4 is 27.5 Å². The number of fused-ring (bicyclic) bond motifs is 3. The van der Waals surface area contributed by atoms with Crippen LogP contribution in [0.1, 0.15) is 17.3 Å². The van der Waals surface area contributed by atoms with Crippen molar-refractivity contribution in [2.75, 3.05) is 12.4 Å². The Labute approximate surface area is 185 Å². The first kappa shape index (κ1) is 19.9. The number of aryl methyl sites for hydroxylation is 2. The van der Waals surface area contributed by atoms with Crippen LogP contribution in [-0.2, 0) is 7.05 Å². The minimum atomic E-state index is -0.308. The van der Waals surface area contributed by atoms with E-state index >= 15 is 0 Å². The first-order valence-corrected chi connectivity index (χ1v) is 10.5. The van der Waals surface area contributed by atoms with Gasteiger partial charge in [-0.3, -0.25) is 4.79 Å². The van der Waals surface area contributed by atoms with Crippen molar-refractivity contribution in [1.29, 1.82) is 0 Å². The van der Waals surface area contributed by atoms with Crippen molar-refractivity contribution in [2.24, 2.45) is 7.05 Å². The number of hydrogen-bond acceptors (Lipinski definition) is 4. The van der Waals surface area contributed by atoms with Gasteiger partial charge in [-0.25, -0.2) is 4.68 Å². The minimum Gasteiger partial charge on any atom is -0.497 e. The second-order valence-corrected chi connectivity index (χ2v) is 7.92. The molecule has 0 aliphatic heterocycles. The molecule has 0 aliphatic carbocycles. The van der Waals surface area contributed by atoms with Crippen molar-refractivity contribution in [3.05, 3.63) is 100 Å². The van der Waals surface area contributed by atoms with Crippen LogP contribution in [0.3, 0.4) is 0 Å². The molecule has 0 amide bonds. The van der Waals surface area contributed by atoms with Crippen LogP contribution in [0.2, 0.25) is 0 Å². The monoisotopic (exact) mass is 424 g/mol. The van der Waals surface area contributed by atoms with Crippen LogP contribution < -0.4 is 15.6 Å². The number of pyridine rings is 1. The van der Waals surface area contributed by atoms with E-state index in [1.807, 2.05) is 53.2 Å². The average Bonchev–Trinajstić information content (AvgIpc) is 3.27. The Morgan fingerprint density at radius 2 is 1.66 bits per heavy atom. The van der Waals surface area contributed by atoms with Gasteiger partial charge in [0.25, 0.3) is 5.56 Å². The fraction of sp³-hybridized carbons (Fsp3) is 0.154. The van der Waals surface area contributed by atoms with Crippen LogP contribution in [0.4, 0.5) is 5.69 Å². The van der Waals surface area contributed by atoms with Gasteiger partial charge in [-0.1, -0.05) is 48.0 Å². The maximum absolute atomic E-state index is 13.1. The van der Waals surface area contributed by atoms with Crippen LogP contribution in [0.25, 0.3) is 21.8 Å². The number of hydrogen-bond donors (Lipinski definition) is 1. The fourth-order valence-electron chi connectivity index (χ4n) is 4.12. The highest BCUT2D eigenvalue weighted by Gasteiger charge is 2.21. The van der Waals surface area contributed by atoms with E-state index < -0.39 is 0 Å². The summed E-state index contributed by atoms with van der Waals surface area (Å²) in [6, 6.07) is 24.1. The van der Waals surface area contributed by atoms with E-state index in [4.69, 9.17) is 9.84 Å². The highest BCUT2D eigenvalue weighted by atomic mass is 16.5. The molecule has 5 aromatic rings. The molecule has 1 unspecified atom stereocenters. The summed E-state index contributed by atoms with van der Waals surface area (Å²) in [5, 5.41) is 9.87. The molecule has 2 aromatic heterocycles. The van der Waals surface area contributed by atoms with Crippen molar-refractivity contribution in [3.8, 4) is 5.75 Å². The summed E-state index contributed by atoms with van der Waals surface area (Å²) < 4.78 is 8.88. The molecule has 1 atom stereocenters. The smallest absolute Gasteiger partial charge is 0.261 e. The number of anilines is 1. The third-order valence-corrected chi connectivity index (χ3v) is 5.88. The van der Waals surface area contributed by atoms with E-state index in [1.165, 1.54) is 5.56 Å². The van der Waals surface area contributed by atoms with Crippen molar-refractivity contribution in [2.45, 2.75) is 13.1 Å². The summed E-state index contributed by atoms with van der Waals surface area (Å²) in [4.78, 5) is 13.1. The summed E-state index contributed by atoms with van der Waals surface area (Å²) in [6.45, 7) is 2.07. The molecule has 0 fully saturated rings. The Balaban J connectivity index is 1.74. The number of rotatable bonds is 5. The normalized spacial score (nSPS) is 12.2. The highest BCUT2D eigenvalue weighted by molar-refractivity contribution is 6.03. The van der Waals surface area contributed by atoms with Crippen LogP contribution >= 0.6 is 0 Å². The topological polar surface area (TPSA) is 61.1 Å². The average molecular weight is 425 g/mol. The van der Waals surface area contributed by atoms with E-state index in [-0.39, 0.29) is 11.7 Å². The molecule has 0 spiro atoms. The van der Waals surface area contributed by atoms with Gasteiger partial charge in [0.1, 0.15) is 11.9 Å². The van der Waals surface area contributed by atoms with E-state index in [9.17, 15) is 4.79 Å². The molecule has 3 aromatic carbocycles. The molecule has 6 nitrogen and oxygen atoms in total. The highest BCUT2D eigenvalue weighted by Crippen LogP contribution is 2.29. The fourth-order valence-corrected chi connectivity index (χ4v) is 4.12. The Hall–Kier alpha value is -4.06. The van der Waals surface area contributed by atoms with E-state index in [2.05, 4.69) is 36.5 Å². The second kappa shape index (κ2) is 7.89. The second-order valence-electron chi connectivity index (χ2n) is 7.92. The molecular formula is C26H24N4O2. The van der Waals surface area contributed by atoms with Gasteiger partial charge in [-0.15, -0.1) is 0 Å². The van der Waals surface area contributed by atoms with Crippen LogP contribution in [-0.4, -0.2) is 21.5 Å². The van der Waals surface area contributed by atoms with Crippen LogP contribution in [0.15, 0.2) is 83.8 Å². The Bertz CT molecular complexity index is 1460. The SMILES string of the molecule is COc1ccc(NC(c2ccc(C)cc2)n2ncc3c(=O)n(C)c4ccccc4c32)cc1. The number of nitrogens with zero attached hydrogens (tertiary/aromatic N) is 3. The molecular weight excluding hydrogens is 400 g/mol. The van der Waals surface area contributed by atoms with Gasteiger partial charge < -0.3 is 14.6 Å². The first-order chi connectivity index (χ1) is 15.6. The molecule has 1 N–H and O–H groups in total. The quantitative estimate of drug-likeness (QED) is 0.438. The Morgan fingerprint density at radius 1 is 0.938 bits per heavy atom. The zero-order valence-electron chi connectivity index (χ0n) is 18.2. The van der Waals surface area contributed by atoms with Crippen LogP contribution in [0, 0.1) is 6.92 Å². The van der Waals surface area contributed by atoms with Gasteiger partial charge in [0.15, 0.2) is 0 Å². The van der Waals surface area contributed by atoms with Gasteiger partial charge in [0.2, 0.25) is 0 Å². The maximum atomic E-state index is 13.1. The lowest BCUT2D eigenvalue weighted by atomic mass is 10.1. The standard InChI is InChI=1S/C26H24N4O2/c1-17-8-10-18(11-9-17)25(28-19-12-14-20(32-3)15-13-19)30-24-21-6-4-5-7-23(21)29(2)26(31)22(24)16-27-30/h4-16,25,28H,1-3H3. The minimum absolute atomic E-state index is 0.0583. The zero-order chi connectivity index (χ0) is 22.2. The number of para-hydroxylation sites is 1. The molecule has 5 rings (SSSR count). The van der Waals surface area contributed by atoms with Gasteiger partial charge in [-0.2, -0.15) is 5.10 Å². The molecule has 0 bridgehead atoms. The lowest BCUT2D eigenvalue weighted by molar-refractivity contribution is 0.415. The van der Waals surface area contributed by atoms with E-state index in [0.717, 1.165) is 33.4 Å². The van der Waals surface area contributed by atoms with Gasteiger partial charge in [-0.05, 0) is 42.8 Å². The van der Waals surface area contributed by atoms with Crippen molar-refractivity contribution < 1.29 is 4.74 Å². The summed E-state index contributed by atoms with van der Waals surface area (Å²) in [5.41, 5.74) is 4.78. The molecule has 32 heavy (non-hydrogen) atoms. The molecule has 0 radical (unpaired) electrons. The lowest BCUT2D eigenvalue weighted by Gasteiger charge is -2.23. The zero-order valence-corrected chi connectivity index (χ0v) is 18.2. The Kier molecular flexibility index (Phi) is 4.90. The van der Waals surface area contributed by atoms with Gasteiger partial charge >= 0.3 is 0 Å².